The number of rotatable bonds is 4. The van der Waals surface area contributed by atoms with Gasteiger partial charge in [0.1, 0.15) is 0 Å². The highest BCUT2D eigenvalue weighted by Gasteiger charge is 2.10. The van der Waals surface area contributed by atoms with Gasteiger partial charge in [0.15, 0.2) is 0 Å². The van der Waals surface area contributed by atoms with Crippen molar-refractivity contribution in [2.24, 2.45) is 7.05 Å². The third kappa shape index (κ3) is 3.11. The lowest BCUT2D eigenvalue weighted by atomic mass is 10.3. The van der Waals surface area contributed by atoms with Crippen LogP contribution in [-0.2, 0) is 24.3 Å². The van der Waals surface area contributed by atoms with Crippen molar-refractivity contribution in [2.75, 3.05) is 11.5 Å². The summed E-state index contributed by atoms with van der Waals surface area (Å²) >= 11 is 6.01. The van der Waals surface area contributed by atoms with Crippen LogP contribution in [0.15, 0.2) is 35.5 Å². The van der Waals surface area contributed by atoms with Crippen molar-refractivity contribution in [2.45, 2.75) is 11.3 Å². The van der Waals surface area contributed by atoms with Crippen molar-refractivity contribution >= 4 is 28.1 Å². The van der Waals surface area contributed by atoms with Crippen LogP contribution in [0.3, 0.4) is 0 Å². The van der Waals surface area contributed by atoms with Crippen molar-refractivity contribution < 1.29 is 4.21 Å². The van der Waals surface area contributed by atoms with E-state index in [1.807, 2.05) is 13.2 Å². The second-order valence-corrected chi connectivity index (χ2v) is 5.96. The summed E-state index contributed by atoms with van der Waals surface area (Å²) in [6.07, 6.45) is 4.39. The molecular formula is C12H14ClN3OS. The van der Waals surface area contributed by atoms with Gasteiger partial charge in [0.2, 0.25) is 0 Å². The van der Waals surface area contributed by atoms with Crippen molar-refractivity contribution in [3.8, 4) is 0 Å². The van der Waals surface area contributed by atoms with E-state index < -0.39 is 10.8 Å². The number of anilines is 1. The number of nitrogens with zero attached hydrogens (tertiary/aromatic N) is 2. The first-order valence-corrected chi connectivity index (χ1v) is 7.17. The van der Waals surface area contributed by atoms with Gasteiger partial charge in [-0.25, -0.2) is 0 Å². The van der Waals surface area contributed by atoms with E-state index in [0.717, 1.165) is 5.56 Å². The predicted octanol–water partition coefficient (Wildman–Crippen LogP) is 2.01. The molecule has 0 aliphatic heterocycles. The first kappa shape index (κ1) is 13.1. The van der Waals surface area contributed by atoms with Gasteiger partial charge in [-0.3, -0.25) is 8.89 Å². The molecule has 0 saturated heterocycles. The molecule has 2 aromatic rings. The Kier molecular flexibility index (Phi) is 4.04. The van der Waals surface area contributed by atoms with E-state index >= 15 is 0 Å². The summed E-state index contributed by atoms with van der Waals surface area (Å²) in [6, 6.07) is 5.04. The van der Waals surface area contributed by atoms with Crippen LogP contribution in [0.2, 0.25) is 5.02 Å². The SMILES string of the molecule is Cn1cc(CCS(=O)c2cc(N)ccc2Cl)cn1. The molecule has 1 aromatic carbocycles. The summed E-state index contributed by atoms with van der Waals surface area (Å²) in [5, 5.41) is 4.56. The number of nitrogens with two attached hydrogens (primary N) is 1. The summed E-state index contributed by atoms with van der Waals surface area (Å²) in [5.41, 5.74) is 7.30. The molecule has 0 fully saturated rings. The molecule has 4 nitrogen and oxygen atoms in total. The Morgan fingerprint density at radius 2 is 2.28 bits per heavy atom. The Hall–Kier alpha value is -1.33. The average Bonchev–Trinajstić information content (AvgIpc) is 2.75. The molecule has 0 saturated carbocycles. The number of halogens is 1. The van der Waals surface area contributed by atoms with Crippen LogP contribution in [0.25, 0.3) is 0 Å². The Morgan fingerprint density at radius 1 is 1.50 bits per heavy atom. The Morgan fingerprint density at radius 3 is 2.94 bits per heavy atom. The number of aromatic nitrogens is 2. The highest BCUT2D eigenvalue weighted by atomic mass is 35.5. The van der Waals surface area contributed by atoms with Gasteiger partial charge in [0.05, 0.1) is 26.9 Å². The zero-order valence-electron chi connectivity index (χ0n) is 9.97. The van der Waals surface area contributed by atoms with Gasteiger partial charge >= 0.3 is 0 Å². The Balaban J connectivity index is 2.05. The van der Waals surface area contributed by atoms with E-state index in [1.54, 1.807) is 29.1 Å². The summed E-state index contributed by atoms with van der Waals surface area (Å²) in [7, 11) is 0.711. The lowest BCUT2D eigenvalue weighted by Gasteiger charge is -2.05. The molecule has 0 amide bonds. The normalized spacial score (nSPS) is 12.6. The standard InChI is InChI=1S/C12H14ClN3OS/c1-16-8-9(7-15-16)4-5-18(17)12-6-10(14)2-3-11(12)13/h2-3,6-8H,4-5,14H2,1H3. The number of nitrogen functional groups attached to an aromatic ring is 1. The fourth-order valence-electron chi connectivity index (χ4n) is 1.62. The zero-order valence-corrected chi connectivity index (χ0v) is 11.5. The van der Waals surface area contributed by atoms with E-state index in [4.69, 9.17) is 17.3 Å². The first-order valence-electron chi connectivity index (χ1n) is 5.47. The third-order valence-electron chi connectivity index (χ3n) is 2.54. The summed E-state index contributed by atoms with van der Waals surface area (Å²) < 4.78 is 13.9. The van der Waals surface area contributed by atoms with Gasteiger partial charge in [-0.2, -0.15) is 5.10 Å². The number of hydrogen-bond donors (Lipinski definition) is 1. The third-order valence-corrected chi connectivity index (χ3v) is 4.38. The molecule has 0 aliphatic carbocycles. The van der Waals surface area contributed by atoms with Gasteiger partial charge in [-0.15, -0.1) is 0 Å². The molecule has 0 radical (unpaired) electrons. The average molecular weight is 284 g/mol. The van der Waals surface area contributed by atoms with E-state index in [0.29, 0.717) is 27.8 Å². The second kappa shape index (κ2) is 5.54. The number of aryl methyl sites for hydroxylation is 2. The zero-order chi connectivity index (χ0) is 13.1. The van der Waals surface area contributed by atoms with Crippen LogP contribution < -0.4 is 5.73 Å². The molecule has 1 heterocycles. The number of hydrogen-bond acceptors (Lipinski definition) is 3. The van der Waals surface area contributed by atoms with Crippen LogP contribution >= 0.6 is 11.6 Å². The van der Waals surface area contributed by atoms with Gasteiger partial charge < -0.3 is 5.73 Å². The molecule has 2 rings (SSSR count). The fraction of sp³-hybridized carbons (Fsp3) is 0.250. The maximum atomic E-state index is 12.1. The van der Waals surface area contributed by atoms with Crippen LogP contribution in [0.1, 0.15) is 5.56 Å². The maximum absolute atomic E-state index is 12.1. The highest BCUT2D eigenvalue weighted by Crippen LogP contribution is 2.22. The molecule has 1 atom stereocenters. The van der Waals surface area contributed by atoms with Gasteiger partial charge in [-0.05, 0) is 30.2 Å². The second-order valence-electron chi connectivity index (χ2n) is 4.01. The van der Waals surface area contributed by atoms with Crippen LogP contribution in [0, 0.1) is 0 Å². The molecule has 1 aromatic heterocycles. The van der Waals surface area contributed by atoms with Crippen molar-refractivity contribution in [3.05, 3.63) is 41.2 Å². The molecule has 2 N–H and O–H groups in total. The molecule has 96 valence electrons. The predicted molar refractivity (Wildman–Crippen MR) is 74.1 cm³/mol. The molecule has 0 spiro atoms. The monoisotopic (exact) mass is 283 g/mol. The van der Waals surface area contributed by atoms with Crippen LogP contribution in [-0.4, -0.2) is 19.7 Å². The Labute approximate surface area is 113 Å². The topological polar surface area (TPSA) is 60.9 Å². The molecule has 0 bridgehead atoms. The Bertz CT molecular complexity index is 582. The molecule has 0 aliphatic rings. The van der Waals surface area contributed by atoms with Gasteiger partial charge in [0.25, 0.3) is 0 Å². The smallest absolute Gasteiger partial charge is 0.0594 e. The minimum atomic E-state index is -1.15. The minimum Gasteiger partial charge on any atom is -0.399 e. The van der Waals surface area contributed by atoms with Gasteiger partial charge in [0, 0.05) is 24.7 Å². The summed E-state index contributed by atoms with van der Waals surface area (Å²) in [4.78, 5) is 0.598. The quantitative estimate of drug-likeness (QED) is 0.873. The molecule has 18 heavy (non-hydrogen) atoms. The molecular weight excluding hydrogens is 270 g/mol. The first-order chi connectivity index (χ1) is 8.56. The largest absolute Gasteiger partial charge is 0.399 e. The van der Waals surface area contributed by atoms with E-state index in [1.165, 1.54) is 0 Å². The fourth-order valence-corrected chi connectivity index (χ4v) is 3.19. The van der Waals surface area contributed by atoms with E-state index in [-0.39, 0.29) is 0 Å². The maximum Gasteiger partial charge on any atom is 0.0594 e. The van der Waals surface area contributed by atoms with Crippen LogP contribution in [0.4, 0.5) is 5.69 Å². The van der Waals surface area contributed by atoms with Crippen molar-refractivity contribution in [1.82, 2.24) is 9.78 Å². The lowest BCUT2D eigenvalue weighted by Crippen LogP contribution is -2.02. The number of benzene rings is 1. The van der Waals surface area contributed by atoms with Gasteiger partial charge in [-0.1, -0.05) is 11.6 Å². The minimum absolute atomic E-state index is 0.494. The lowest BCUT2D eigenvalue weighted by molar-refractivity contribution is 0.682. The van der Waals surface area contributed by atoms with Crippen LogP contribution in [0.5, 0.6) is 0 Å². The molecule has 6 heteroatoms. The van der Waals surface area contributed by atoms with Crippen molar-refractivity contribution in [3.63, 3.8) is 0 Å². The summed E-state index contributed by atoms with van der Waals surface area (Å²) in [5.74, 6) is 0.509. The highest BCUT2D eigenvalue weighted by molar-refractivity contribution is 7.85. The van der Waals surface area contributed by atoms with E-state index in [9.17, 15) is 4.21 Å². The summed E-state index contributed by atoms with van der Waals surface area (Å²) in [6.45, 7) is 0. The van der Waals surface area contributed by atoms with E-state index in [2.05, 4.69) is 5.10 Å². The molecule has 1 unspecified atom stereocenters. The van der Waals surface area contributed by atoms with Crippen molar-refractivity contribution in [1.29, 1.82) is 0 Å².